The number of benzene rings is 4. The van der Waals surface area contributed by atoms with Crippen LogP contribution in [0.1, 0.15) is 59.7 Å². The van der Waals surface area contributed by atoms with Gasteiger partial charge in [-0.25, -0.2) is 13.2 Å². The average Bonchev–Trinajstić information content (AvgIpc) is 3.55. The summed E-state index contributed by atoms with van der Waals surface area (Å²) < 4.78 is 85.2. The molecule has 0 spiro atoms. The van der Waals surface area contributed by atoms with Crippen LogP contribution in [0.25, 0.3) is 21.9 Å². The van der Waals surface area contributed by atoms with E-state index in [0.717, 1.165) is 39.1 Å². The normalized spacial score (nSPS) is 14.5. The zero-order valence-electron chi connectivity index (χ0n) is 30.5. The number of carboxylic acid groups (broad SMARTS) is 1. The molecule has 4 aromatic carbocycles. The Morgan fingerprint density at radius 1 is 0.981 bits per heavy atom. The van der Waals surface area contributed by atoms with Gasteiger partial charge in [0, 0.05) is 37.5 Å². The topological polar surface area (TPSA) is 128 Å². The van der Waals surface area contributed by atoms with Crippen molar-refractivity contribution in [3.63, 3.8) is 0 Å². The number of carbonyl (C=O) groups excluding carboxylic acids is 1. The SMILES string of the molecule is CCCC(F)(F)F.COc1cc(CN2CCC(C(F)(F)P)C2)cc(OC)c1-c1cccc2c(CCC(=O)O)cccc12.Cc1cc(N)cc(F)c1C(N)=O. The third-order valence-corrected chi connectivity index (χ3v) is 9.24. The first-order valence-corrected chi connectivity index (χ1v) is 17.7. The van der Waals surface area contributed by atoms with E-state index < -0.39 is 41.9 Å². The molecular formula is C39H46F6N3O5P. The lowest BCUT2D eigenvalue weighted by Crippen LogP contribution is -2.26. The summed E-state index contributed by atoms with van der Waals surface area (Å²) >= 11 is 0. The molecule has 1 saturated heterocycles. The van der Waals surface area contributed by atoms with Gasteiger partial charge in [-0.3, -0.25) is 14.5 Å². The highest BCUT2D eigenvalue weighted by molar-refractivity contribution is 7.18. The van der Waals surface area contributed by atoms with Crippen molar-refractivity contribution < 1.29 is 50.5 Å². The van der Waals surface area contributed by atoms with Gasteiger partial charge in [0.1, 0.15) is 17.3 Å². The molecule has 54 heavy (non-hydrogen) atoms. The molecule has 1 heterocycles. The number of nitrogen functional groups attached to an aromatic ring is 1. The predicted molar refractivity (Wildman–Crippen MR) is 202 cm³/mol. The molecule has 0 aliphatic carbocycles. The number of nitrogens with two attached hydrogens (primary N) is 2. The minimum Gasteiger partial charge on any atom is -0.496 e. The molecule has 8 nitrogen and oxygen atoms in total. The number of likely N-dealkylation sites (tertiary alicyclic amines) is 1. The summed E-state index contributed by atoms with van der Waals surface area (Å²) in [7, 11) is 4.88. The van der Waals surface area contributed by atoms with Crippen molar-refractivity contribution in [3.8, 4) is 22.6 Å². The lowest BCUT2D eigenvalue weighted by Gasteiger charge is -2.22. The van der Waals surface area contributed by atoms with Crippen LogP contribution >= 0.6 is 9.24 Å². The second-order valence-electron chi connectivity index (χ2n) is 12.9. The molecule has 2 atom stereocenters. The number of rotatable bonds is 11. The highest BCUT2D eigenvalue weighted by atomic mass is 31.0. The van der Waals surface area contributed by atoms with Crippen LogP contribution < -0.4 is 20.9 Å². The number of ether oxygens (including phenoxy) is 2. The molecule has 4 aromatic rings. The maximum Gasteiger partial charge on any atom is 0.389 e. The van der Waals surface area contributed by atoms with Crippen LogP contribution in [0.3, 0.4) is 0 Å². The molecule has 1 amide bonds. The van der Waals surface area contributed by atoms with Crippen molar-refractivity contribution in [1.29, 1.82) is 0 Å². The molecule has 5 rings (SSSR count). The number of fused-ring (bicyclic) bond motifs is 1. The number of nitrogens with zero attached hydrogens (tertiary/aromatic N) is 1. The first-order chi connectivity index (χ1) is 25.3. The monoisotopic (exact) mass is 781 g/mol. The van der Waals surface area contributed by atoms with E-state index in [1.165, 1.54) is 13.0 Å². The van der Waals surface area contributed by atoms with E-state index in [2.05, 4.69) is 0 Å². The Balaban J connectivity index is 0.000000338. The smallest absolute Gasteiger partial charge is 0.389 e. The van der Waals surface area contributed by atoms with E-state index >= 15 is 0 Å². The molecule has 0 saturated carbocycles. The fraction of sp³-hybridized carbons (Fsp3) is 0.385. The number of carbonyl (C=O) groups is 2. The summed E-state index contributed by atoms with van der Waals surface area (Å²) in [6, 6.07) is 18.3. The molecule has 0 radical (unpaired) electrons. The van der Waals surface area contributed by atoms with Crippen molar-refractivity contribution in [2.75, 3.05) is 33.0 Å². The predicted octanol–water partition coefficient (Wildman–Crippen LogP) is 9.00. The number of aliphatic carboxylic acids is 1. The summed E-state index contributed by atoms with van der Waals surface area (Å²) in [6.07, 6.45) is -3.46. The van der Waals surface area contributed by atoms with Crippen molar-refractivity contribution >= 4 is 37.6 Å². The highest BCUT2D eigenvalue weighted by Gasteiger charge is 2.39. The zero-order valence-corrected chi connectivity index (χ0v) is 31.7. The number of hydrogen-bond donors (Lipinski definition) is 3. The van der Waals surface area contributed by atoms with Gasteiger partial charge in [-0.2, -0.15) is 13.2 Å². The van der Waals surface area contributed by atoms with E-state index in [9.17, 15) is 35.9 Å². The Hall–Kier alpha value is -4.55. The molecular weight excluding hydrogens is 735 g/mol. The van der Waals surface area contributed by atoms with Crippen molar-refractivity contribution in [2.45, 2.75) is 64.3 Å². The summed E-state index contributed by atoms with van der Waals surface area (Å²) in [6.45, 7) is 4.57. The van der Waals surface area contributed by atoms with Crippen LogP contribution in [0, 0.1) is 18.7 Å². The fourth-order valence-corrected chi connectivity index (χ4v) is 6.56. The van der Waals surface area contributed by atoms with Gasteiger partial charge in [0.2, 0.25) is 0 Å². The third-order valence-electron chi connectivity index (χ3n) is 8.77. The van der Waals surface area contributed by atoms with Crippen molar-refractivity contribution in [2.24, 2.45) is 11.7 Å². The first-order valence-electron chi connectivity index (χ1n) is 17.1. The Kier molecular flexibility index (Phi) is 15.6. The number of hydrogen-bond acceptors (Lipinski definition) is 6. The molecule has 2 unspecified atom stereocenters. The minimum absolute atomic E-state index is 0.0602. The van der Waals surface area contributed by atoms with Gasteiger partial charge in [0.05, 0.1) is 25.3 Å². The number of amides is 1. The van der Waals surface area contributed by atoms with Crippen LogP contribution in [0.5, 0.6) is 11.5 Å². The van der Waals surface area contributed by atoms with E-state index in [1.807, 2.05) is 53.4 Å². The van der Waals surface area contributed by atoms with Crippen LogP contribution in [0.15, 0.2) is 60.7 Å². The number of carboxylic acids is 1. The van der Waals surface area contributed by atoms with Crippen LogP contribution in [-0.4, -0.2) is 61.0 Å². The maximum absolute atomic E-state index is 13.7. The van der Waals surface area contributed by atoms with Gasteiger partial charge in [0.15, 0.2) is 0 Å². The summed E-state index contributed by atoms with van der Waals surface area (Å²) in [5, 5.41) is 11.1. The number of aryl methyl sites for hydroxylation is 2. The van der Waals surface area contributed by atoms with E-state index in [-0.39, 0.29) is 24.1 Å². The van der Waals surface area contributed by atoms with E-state index in [0.29, 0.717) is 49.5 Å². The molecule has 0 aromatic heterocycles. The van der Waals surface area contributed by atoms with Gasteiger partial charge in [-0.15, -0.1) is 0 Å². The molecule has 1 aliphatic heterocycles. The van der Waals surface area contributed by atoms with Crippen LogP contribution in [-0.2, 0) is 17.8 Å². The Bertz CT molecular complexity index is 1870. The third kappa shape index (κ3) is 12.2. The summed E-state index contributed by atoms with van der Waals surface area (Å²) in [5.74, 6) is -1.67. The van der Waals surface area contributed by atoms with Gasteiger partial charge in [0.25, 0.3) is 11.6 Å². The Morgan fingerprint density at radius 3 is 2.07 bits per heavy atom. The number of primary amides is 1. The minimum atomic E-state index is -3.95. The number of anilines is 1. The largest absolute Gasteiger partial charge is 0.496 e. The summed E-state index contributed by atoms with van der Waals surface area (Å²) in [5.41, 5.74) is 11.8. The van der Waals surface area contributed by atoms with E-state index in [1.54, 1.807) is 30.4 Å². The number of halogens is 6. The van der Waals surface area contributed by atoms with Crippen molar-refractivity contribution in [1.82, 2.24) is 4.90 Å². The molecule has 15 heteroatoms. The second-order valence-corrected chi connectivity index (χ2v) is 13.7. The highest BCUT2D eigenvalue weighted by Crippen LogP contribution is 2.44. The van der Waals surface area contributed by atoms with Gasteiger partial charge >= 0.3 is 12.1 Å². The summed E-state index contributed by atoms with van der Waals surface area (Å²) in [4.78, 5) is 23.8. The number of methoxy groups -OCH3 is 2. The molecule has 1 aliphatic rings. The maximum atomic E-state index is 13.7. The van der Waals surface area contributed by atoms with Crippen LogP contribution in [0.4, 0.5) is 32.0 Å². The first kappa shape index (κ1) is 43.9. The fourth-order valence-electron chi connectivity index (χ4n) is 6.29. The van der Waals surface area contributed by atoms with E-state index in [4.69, 9.17) is 26.0 Å². The van der Waals surface area contributed by atoms with Crippen molar-refractivity contribution in [3.05, 3.63) is 88.7 Å². The molecule has 0 bridgehead atoms. The second kappa shape index (κ2) is 19.2. The molecule has 1 fully saturated rings. The van der Waals surface area contributed by atoms with Gasteiger partial charge in [-0.1, -0.05) is 52.6 Å². The Labute approximate surface area is 313 Å². The lowest BCUT2D eigenvalue weighted by atomic mass is 9.92. The Morgan fingerprint density at radius 2 is 1.59 bits per heavy atom. The average molecular weight is 782 g/mol. The molecule has 5 N–H and O–H groups in total. The zero-order chi connectivity index (χ0) is 40.4. The molecule has 294 valence electrons. The quantitative estimate of drug-likeness (QED) is 0.0788. The van der Waals surface area contributed by atoms with Crippen LogP contribution in [0.2, 0.25) is 0 Å². The van der Waals surface area contributed by atoms with Gasteiger partial charge < -0.3 is 26.0 Å². The number of alkyl halides is 5. The standard InChI is InChI=1S/C27H30F2NO4P.C8H9FN2O.C4H7F3/c1-33-23-13-17(15-30-12-11-19(16-30)27(28,29)35)14-24(34-2)26(23)22-8-4-6-20-18(9-10-25(31)32)5-3-7-21(20)22;1-4-2-5(10)3-6(9)7(4)8(11)12;1-2-3-4(5,6)7/h3-8,13-14,19H,9-12,15-16,35H2,1-2H3,(H,31,32);2-3H,10H2,1H3,(H2,11,12);2-3H2,1H3. The van der Waals surface area contributed by atoms with Gasteiger partial charge in [-0.05, 0) is 90.0 Å². The lowest BCUT2D eigenvalue weighted by molar-refractivity contribution is -0.137.